The first-order valence-electron chi connectivity index (χ1n) is 5.12. The number of nitrogens with one attached hydrogen (secondary N) is 1. The van der Waals surface area contributed by atoms with Crippen molar-refractivity contribution in [1.82, 2.24) is 4.98 Å². The van der Waals surface area contributed by atoms with Crippen LogP contribution in [0, 0.1) is 0 Å². The van der Waals surface area contributed by atoms with Gasteiger partial charge in [0.25, 0.3) is 0 Å². The molecule has 0 aromatic carbocycles. The van der Waals surface area contributed by atoms with Crippen LogP contribution in [0.2, 0.25) is 0 Å². The van der Waals surface area contributed by atoms with Gasteiger partial charge in [-0.25, -0.2) is 0 Å². The van der Waals surface area contributed by atoms with Crippen LogP contribution in [-0.4, -0.2) is 31.9 Å². The van der Waals surface area contributed by atoms with Crippen LogP contribution in [-0.2, 0) is 16.1 Å². The van der Waals surface area contributed by atoms with Crippen LogP contribution in [0.5, 0.6) is 0 Å². The van der Waals surface area contributed by atoms with E-state index in [9.17, 15) is 0 Å². The number of anilines is 1. The number of nitrogens with zero attached hydrogens (tertiary/aromatic N) is 1. The van der Waals surface area contributed by atoms with Gasteiger partial charge in [0.1, 0.15) is 0 Å². The molecule has 0 aliphatic heterocycles. The lowest BCUT2D eigenvalue weighted by Gasteiger charge is -2.06. The summed E-state index contributed by atoms with van der Waals surface area (Å²) in [5, 5.41) is 3.23. The average Bonchev–Trinajstić information content (AvgIpc) is 2.26. The van der Waals surface area contributed by atoms with E-state index in [0.29, 0.717) is 19.8 Å². The fraction of sp³-hybridized carbons (Fsp3) is 0.545. The minimum atomic E-state index is 0.530. The van der Waals surface area contributed by atoms with Crippen LogP contribution in [0.1, 0.15) is 12.6 Å². The zero-order chi connectivity index (χ0) is 10.9. The number of hydrogen-bond donors (Lipinski definition) is 1. The molecule has 0 saturated heterocycles. The number of ether oxygens (including phenoxy) is 2. The molecule has 0 fully saturated rings. The van der Waals surface area contributed by atoms with Gasteiger partial charge in [-0.1, -0.05) is 0 Å². The van der Waals surface area contributed by atoms with Gasteiger partial charge in [-0.2, -0.15) is 0 Å². The number of aromatic nitrogens is 1. The van der Waals surface area contributed by atoms with Gasteiger partial charge in [0.2, 0.25) is 0 Å². The van der Waals surface area contributed by atoms with Crippen LogP contribution in [0.25, 0.3) is 0 Å². The molecule has 1 heterocycles. The SMILES string of the molecule is CCNc1ccnc(COCCOC)c1. The first kappa shape index (κ1) is 11.9. The molecule has 1 aromatic rings. The lowest BCUT2D eigenvalue weighted by Crippen LogP contribution is -2.04. The summed E-state index contributed by atoms with van der Waals surface area (Å²) in [7, 11) is 1.66. The lowest BCUT2D eigenvalue weighted by atomic mass is 10.3. The van der Waals surface area contributed by atoms with E-state index < -0.39 is 0 Å². The highest BCUT2D eigenvalue weighted by atomic mass is 16.5. The Hall–Kier alpha value is -1.13. The summed E-state index contributed by atoms with van der Waals surface area (Å²) in [5.74, 6) is 0. The normalized spacial score (nSPS) is 10.3. The quantitative estimate of drug-likeness (QED) is 0.695. The van der Waals surface area contributed by atoms with Crippen molar-refractivity contribution in [1.29, 1.82) is 0 Å². The molecule has 0 aliphatic rings. The van der Waals surface area contributed by atoms with E-state index >= 15 is 0 Å². The fourth-order valence-corrected chi connectivity index (χ4v) is 1.19. The Kier molecular flexibility index (Phi) is 5.73. The molecule has 0 aliphatic carbocycles. The molecule has 4 nitrogen and oxygen atoms in total. The van der Waals surface area contributed by atoms with Crippen molar-refractivity contribution in [3.05, 3.63) is 24.0 Å². The molecule has 84 valence electrons. The molecule has 0 unspecified atom stereocenters. The van der Waals surface area contributed by atoms with Crippen molar-refractivity contribution in [2.24, 2.45) is 0 Å². The summed E-state index contributed by atoms with van der Waals surface area (Å²) in [6, 6.07) is 3.94. The lowest BCUT2D eigenvalue weighted by molar-refractivity contribution is 0.0602. The summed E-state index contributed by atoms with van der Waals surface area (Å²) in [4.78, 5) is 4.21. The fourth-order valence-electron chi connectivity index (χ4n) is 1.19. The maximum Gasteiger partial charge on any atom is 0.0889 e. The van der Waals surface area contributed by atoms with Gasteiger partial charge in [-0.3, -0.25) is 4.98 Å². The molecule has 0 amide bonds. The predicted molar refractivity (Wildman–Crippen MR) is 59.9 cm³/mol. The molecule has 15 heavy (non-hydrogen) atoms. The summed E-state index contributed by atoms with van der Waals surface area (Å²) in [6.07, 6.45) is 1.78. The number of rotatable bonds is 7. The largest absolute Gasteiger partial charge is 0.385 e. The van der Waals surface area contributed by atoms with E-state index in [1.807, 2.05) is 12.1 Å². The first-order chi connectivity index (χ1) is 7.36. The zero-order valence-electron chi connectivity index (χ0n) is 9.32. The molecule has 1 aromatic heterocycles. The molecule has 0 spiro atoms. The van der Waals surface area contributed by atoms with Crippen molar-refractivity contribution in [3.8, 4) is 0 Å². The Morgan fingerprint density at radius 1 is 1.40 bits per heavy atom. The minimum Gasteiger partial charge on any atom is -0.385 e. The van der Waals surface area contributed by atoms with Gasteiger partial charge in [-0.05, 0) is 19.1 Å². The number of pyridine rings is 1. The molecule has 0 saturated carbocycles. The highest BCUT2D eigenvalue weighted by molar-refractivity contribution is 5.42. The summed E-state index contributed by atoms with van der Waals surface area (Å²) >= 11 is 0. The smallest absolute Gasteiger partial charge is 0.0889 e. The highest BCUT2D eigenvalue weighted by Crippen LogP contribution is 2.08. The third kappa shape index (κ3) is 4.76. The van der Waals surface area contributed by atoms with Gasteiger partial charge >= 0.3 is 0 Å². The monoisotopic (exact) mass is 210 g/mol. The van der Waals surface area contributed by atoms with Crippen molar-refractivity contribution in [3.63, 3.8) is 0 Å². The maximum absolute atomic E-state index is 5.38. The van der Waals surface area contributed by atoms with Gasteiger partial charge < -0.3 is 14.8 Å². The minimum absolute atomic E-state index is 0.530. The Morgan fingerprint density at radius 2 is 2.27 bits per heavy atom. The molecule has 0 bridgehead atoms. The Morgan fingerprint density at radius 3 is 3.00 bits per heavy atom. The number of methoxy groups -OCH3 is 1. The number of hydrogen-bond acceptors (Lipinski definition) is 4. The van der Waals surface area contributed by atoms with E-state index in [1.54, 1.807) is 13.3 Å². The third-order valence-electron chi connectivity index (χ3n) is 1.88. The van der Waals surface area contributed by atoms with Gasteiger partial charge in [-0.15, -0.1) is 0 Å². The van der Waals surface area contributed by atoms with E-state index in [4.69, 9.17) is 9.47 Å². The second-order valence-corrected chi connectivity index (χ2v) is 3.11. The average molecular weight is 210 g/mol. The summed E-state index contributed by atoms with van der Waals surface area (Å²) < 4.78 is 10.3. The maximum atomic E-state index is 5.38. The topological polar surface area (TPSA) is 43.4 Å². The Balaban J connectivity index is 2.36. The van der Waals surface area contributed by atoms with Crippen molar-refractivity contribution in [2.45, 2.75) is 13.5 Å². The van der Waals surface area contributed by atoms with Crippen LogP contribution in [0.4, 0.5) is 5.69 Å². The van der Waals surface area contributed by atoms with Crippen LogP contribution < -0.4 is 5.32 Å². The second kappa shape index (κ2) is 7.20. The van der Waals surface area contributed by atoms with E-state index in [1.165, 1.54) is 0 Å². The van der Waals surface area contributed by atoms with Crippen molar-refractivity contribution in [2.75, 3.05) is 32.2 Å². The molecule has 1 N–H and O–H groups in total. The zero-order valence-corrected chi connectivity index (χ0v) is 9.32. The van der Waals surface area contributed by atoms with Crippen molar-refractivity contribution < 1.29 is 9.47 Å². The first-order valence-corrected chi connectivity index (χ1v) is 5.12. The van der Waals surface area contributed by atoms with Gasteiger partial charge in [0.05, 0.1) is 25.5 Å². The predicted octanol–water partition coefficient (Wildman–Crippen LogP) is 1.68. The van der Waals surface area contributed by atoms with Crippen LogP contribution in [0.15, 0.2) is 18.3 Å². The molecular weight excluding hydrogens is 192 g/mol. The molecule has 0 atom stereocenters. The van der Waals surface area contributed by atoms with E-state index in [0.717, 1.165) is 17.9 Å². The third-order valence-corrected chi connectivity index (χ3v) is 1.88. The molecule has 0 radical (unpaired) electrons. The van der Waals surface area contributed by atoms with Gasteiger partial charge in [0.15, 0.2) is 0 Å². The standard InChI is InChI=1S/C11H18N2O2/c1-3-12-10-4-5-13-11(8-10)9-15-7-6-14-2/h4-5,8H,3,6-7,9H2,1-2H3,(H,12,13). The van der Waals surface area contributed by atoms with E-state index in [-0.39, 0.29) is 0 Å². The van der Waals surface area contributed by atoms with Crippen LogP contribution >= 0.6 is 0 Å². The van der Waals surface area contributed by atoms with Gasteiger partial charge in [0, 0.05) is 25.5 Å². The summed E-state index contributed by atoms with van der Waals surface area (Å²) in [5.41, 5.74) is 2.02. The van der Waals surface area contributed by atoms with E-state index in [2.05, 4.69) is 17.2 Å². The Bertz CT molecular complexity index is 279. The second-order valence-electron chi connectivity index (χ2n) is 3.11. The van der Waals surface area contributed by atoms with Crippen LogP contribution in [0.3, 0.4) is 0 Å². The molecule has 4 heteroatoms. The molecular formula is C11H18N2O2. The molecule has 1 rings (SSSR count). The Labute approximate surface area is 90.6 Å². The van der Waals surface area contributed by atoms with Crippen molar-refractivity contribution >= 4 is 5.69 Å². The summed E-state index contributed by atoms with van der Waals surface area (Å²) in [6.45, 7) is 4.72. The highest BCUT2D eigenvalue weighted by Gasteiger charge is 1.96.